The molecule has 0 aliphatic heterocycles. The Labute approximate surface area is 225 Å². The number of aliphatic hydroxyl groups excluding tert-OH is 2. The Morgan fingerprint density at radius 2 is 1.62 bits per heavy atom. The van der Waals surface area contributed by atoms with Gasteiger partial charge in [0.15, 0.2) is 0 Å². The molecule has 7 N–H and O–H groups in total. The fourth-order valence-corrected chi connectivity index (χ4v) is 3.67. The van der Waals surface area contributed by atoms with Crippen molar-refractivity contribution in [3.05, 3.63) is 59.9 Å². The molecular formula is C26H35N5O8. The van der Waals surface area contributed by atoms with Crippen molar-refractivity contribution >= 4 is 29.6 Å². The van der Waals surface area contributed by atoms with E-state index >= 15 is 0 Å². The molecule has 4 amide bonds. The summed E-state index contributed by atoms with van der Waals surface area (Å²) in [5.74, 6) is -3.51. The highest BCUT2D eigenvalue weighted by atomic mass is 16.5. The number of hydrogen-bond acceptors (Lipinski definition) is 8. The lowest BCUT2D eigenvalue weighted by atomic mass is 10.0. The average Bonchev–Trinajstić information content (AvgIpc) is 3.47. The van der Waals surface area contributed by atoms with E-state index in [9.17, 15) is 34.2 Å². The minimum atomic E-state index is -1.46. The van der Waals surface area contributed by atoms with Crippen LogP contribution in [0.15, 0.2) is 48.7 Å². The molecule has 212 valence electrons. The molecule has 0 radical (unpaired) electrons. The number of H-pyrrole nitrogens is 1. The van der Waals surface area contributed by atoms with Gasteiger partial charge in [-0.05, 0) is 31.0 Å². The Balaban J connectivity index is 2.13. The van der Waals surface area contributed by atoms with E-state index in [2.05, 4.69) is 31.0 Å². The third-order valence-corrected chi connectivity index (χ3v) is 5.85. The van der Waals surface area contributed by atoms with Crippen LogP contribution in [0.2, 0.25) is 0 Å². The van der Waals surface area contributed by atoms with Gasteiger partial charge >= 0.3 is 5.97 Å². The van der Waals surface area contributed by atoms with Crippen molar-refractivity contribution in [2.45, 2.75) is 57.0 Å². The van der Waals surface area contributed by atoms with Gasteiger partial charge in [-0.25, -0.2) is 4.79 Å². The molecule has 5 atom stereocenters. The number of aliphatic hydroxyl groups is 2. The Kier molecular flexibility index (Phi) is 12.1. The van der Waals surface area contributed by atoms with Crippen LogP contribution < -0.4 is 21.3 Å². The van der Waals surface area contributed by atoms with Crippen LogP contribution in [0.25, 0.3) is 0 Å². The molecule has 0 spiro atoms. The van der Waals surface area contributed by atoms with E-state index in [1.165, 1.54) is 26.3 Å². The van der Waals surface area contributed by atoms with Gasteiger partial charge in [-0.3, -0.25) is 19.2 Å². The summed E-state index contributed by atoms with van der Waals surface area (Å²) < 4.78 is 4.69. The molecule has 0 aliphatic carbocycles. The van der Waals surface area contributed by atoms with E-state index in [1.54, 1.807) is 43.3 Å². The first kappa shape index (κ1) is 31.0. The second-order valence-corrected chi connectivity index (χ2v) is 8.75. The van der Waals surface area contributed by atoms with E-state index in [0.29, 0.717) is 12.0 Å². The maximum absolute atomic E-state index is 13.1. The van der Waals surface area contributed by atoms with Crippen LogP contribution in [-0.2, 0) is 23.9 Å². The van der Waals surface area contributed by atoms with Gasteiger partial charge in [-0.2, -0.15) is 0 Å². The summed E-state index contributed by atoms with van der Waals surface area (Å²) in [5, 5.41) is 29.8. The molecular weight excluding hydrogens is 510 g/mol. The van der Waals surface area contributed by atoms with Gasteiger partial charge in [0.25, 0.3) is 5.91 Å². The standard InChI is InChI=1S/C26H35N5O8/c1-4-17(26(38)39-3)28-21(34)13-19(16-9-6-5-7-10-16)29-24(36)20(14-32)30-25(37)22(15(2)33)31-23(35)18-11-8-12-27-18/h5-12,15,17,19-20,22,27,32-33H,4,13-14H2,1-3H3,(H,28,34)(H,29,36)(H,30,37)(H,31,35)/t15-,17-,19?,20-,22-/m0/s1. The first-order valence-corrected chi connectivity index (χ1v) is 12.4. The normalized spacial score (nSPS) is 14.6. The van der Waals surface area contributed by atoms with E-state index in [-0.39, 0.29) is 12.1 Å². The first-order chi connectivity index (χ1) is 18.6. The van der Waals surface area contributed by atoms with E-state index in [1.807, 2.05) is 0 Å². The number of carbonyl (C=O) groups is 5. The number of rotatable bonds is 14. The SMILES string of the molecule is CC[C@H](NC(=O)CC(NC(=O)[C@H](CO)NC(=O)[C@@H](NC(=O)c1ccc[nH]1)[C@H](C)O)c1ccccc1)C(=O)OC. The smallest absolute Gasteiger partial charge is 0.328 e. The summed E-state index contributed by atoms with van der Waals surface area (Å²) in [6.07, 6.45) is 0.232. The fraction of sp³-hybridized carbons (Fsp3) is 0.423. The lowest BCUT2D eigenvalue weighted by Gasteiger charge is -2.26. The molecule has 1 aromatic carbocycles. The van der Waals surface area contributed by atoms with Crippen LogP contribution in [0, 0.1) is 0 Å². The molecule has 1 unspecified atom stereocenters. The van der Waals surface area contributed by atoms with Gasteiger partial charge in [0.2, 0.25) is 17.7 Å². The zero-order valence-electron chi connectivity index (χ0n) is 22.0. The Morgan fingerprint density at radius 3 is 2.15 bits per heavy atom. The maximum atomic E-state index is 13.1. The predicted octanol–water partition coefficient (Wildman–Crippen LogP) is -0.714. The number of hydrogen-bond donors (Lipinski definition) is 7. The number of esters is 1. The third-order valence-electron chi connectivity index (χ3n) is 5.85. The lowest BCUT2D eigenvalue weighted by molar-refractivity contribution is -0.145. The van der Waals surface area contributed by atoms with Crippen LogP contribution in [0.5, 0.6) is 0 Å². The van der Waals surface area contributed by atoms with Gasteiger partial charge in [-0.1, -0.05) is 37.3 Å². The number of ether oxygens (including phenoxy) is 1. The van der Waals surface area contributed by atoms with Gasteiger partial charge in [0.1, 0.15) is 23.8 Å². The van der Waals surface area contributed by atoms with Crippen LogP contribution >= 0.6 is 0 Å². The van der Waals surface area contributed by atoms with E-state index < -0.39 is 66.5 Å². The van der Waals surface area contributed by atoms with Crippen molar-refractivity contribution in [1.82, 2.24) is 26.3 Å². The van der Waals surface area contributed by atoms with Crippen LogP contribution in [0.3, 0.4) is 0 Å². The third kappa shape index (κ3) is 9.23. The summed E-state index contributed by atoms with van der Waals surface area (Å²) >= 11 is 0. The van der Waals surface area contributed by atoms with Gasteiger partial charge in [0, 0.05) is 6.20 Å². The van der Waals surface area contributed by atoms with E-state index in [0.717, 1.165) is 0 Å². The highest BCUT2D eigenvalue weighted by molar-refractivity contribution is 5.97. The summed E-state index contributed by atoms with van der Waals surface area (Å²) in [6, 6.07) is 6.96. The Hall–Kier alpha value is -4.23. The summed E-state index contributed by atoms with van der Waals surface area (Å²) in [7, 11) is 1.21. The summed E-state index contributed by atoms with van der Waals surface area (Å²) in [5.41, 5.74) is 0.724. The zero-order chi connectivity index (χ0) is 28.9. The monoisotopic (exact) mass is 545 g/mol. The minimum Gasteiger partial charge on any atom is -0.467 e. The molecule has 2 rings (SSSR count). The van der Waals surface area contributed by atoms with Crippen molar-refractivity contribution in [2.24, 2.45) is 0 Å². The number of nitrogens with one attached hydrogen (secondary N) is 5. The second kappa shape index (κ2) is 15.2. The van der Waals surface area contributed by atoms with Crippen molar-refractivity contribution in [2.75, 3.05) is 13.7 Å². The molecule has 13 nitrogen and oxygen atoms in total. The largest absolute Gasteiger partial charge is 0.467 e. The number of carbonyl (C=O) groups excluding carboxylic acids is 5. The molecule has 13 heteroatoms. The highest BCUT2D eigenvalue weighted by Gasteiger charge is 2.31. The number of aromatic amines is 1. The number of amides is 4. The number of aromatic nitrogens is 1. The molecule has 0 fully saturated rings. The molecule has 2 aromatic rings. The van der Waals surface area contributed by atoms with Gasteiger partial charge < -0.3 is 41.2 Å². The van der Waals surface area contributed by atoms with Gasteiger partial charge in [-0.15, -0.1) is 0 Å². The zero-order valence-corrected chi connectivity index (χ0v) is 22.0. The number of methoxy groups -OCH3 is 1. The lowest BCUT2D eigenvalue weighted by Crippen LogP contribution is -2.58. The Morgan fingerprint density at radius 1 is 0.923 bits per heavy atom. The van der Waals surface area contributed by atoms with Crippen molar-refractivity contribution in [3.8, 4) is 0 Å². The number of benzene rings is 1. The van der Waals surface area contributed by atoms with Crippen molar-refractivity contribution in [1.29, 1.82) is 0 Å². The molecule has 0 saturated heterocycles. The molecule has 0 bridgehead atoms. The van der Waals surface area contributed by atoms with Crippen molar-refractivity contribution < 1.29 is 38.9 Å². The van der Waals surface area contributed by atoms with Crippen LogP contribution in [0.4, 0.5) is 0 Å². The predicted molar refractivity (Wildman–Crippen MR) is 139 cm³/mol. The second-order valence-electron chi connectivity index (χ2n) is 8.75. The van der Waals surface area contributed by atoms with Crippen LogP contribution in [0.1, 0.15) is 48.8 Å². The summed E-state index contributed by atoms with van der Waals surface area (Å²) in [6.45, 7) is 2.19. The highest BCUT2D eigenvalue weighted by Crippen LogP contribution is 2.17. The Bertz CT molecular complexity index is 1110. The summed E-state index contributed by atoms with van der Waals surface area (Å²) in [4.78, 5) is 65.5. The maximum Gasteiger partial charge on any atom is 0.328 e. The van der Waals surface area contributed by atoms with Gasteiger partial charge in [0.05, 0.1) is 32.3 Å². The topological polar surface area (TPSA) is 199 Å². The molecule has 1 heterocycles. The quantitative estimate of drug-likeness (QED) is 0.151. The molecule has 0 saturated carbocycles. The van der Waals surface area contributed by atoms with Crippen molar-refractivity contribution in [3.63, 3.8) is 0 Å². The fourth-order valence-electron chi connectivity index (χ4n) is 3.67. The molecule has 0 aliphatic rings. The molecule has 39 heavy (non-hydrogen) atoms. The first-order valence-electron chi connectivity index (χ1n) is 12.4. The minimum absolute atomic E-state index is 0.159. The average molecular weight is 546 g/mol. The van der Waals surface area contributed by atoms with Crippen LogP contribution in [-0.4, -0.2) is 82.7 Å². The molecule has 1 aromatic heterocycles. The van der Waals surface area contributed by atoms with E-state index in [4.69, 9.17) is 0 Å².